The van der Waals surface area contributed by atoms with E-state index in [1.54, 1.807) is 24.0 Å². The summed E-state index contributed by atoms with van der Waals surface area (Å²) in [7, 11) is 0. The molecule has 0 radical (unpaired) electrons. The van der Waals surface area contributed by atoms with E-state index in [0.717, 1.165) is 17.1 Å². The molecule has 7 nitrogen and oxygen atoms in total. The molecule has 0 saturated carbocycles. The highest BCUT2D eigenvalue weighted by Gasteiger charge is 2.21. The number of nitrogens with zero attached hydrogens (tertiary/aromatic N) is 3. The van der Waals surface area contributed by atoms with Crippen molar-refractivity contribution in [2.24, 2.45) is 0 Å². The Hall–Kier alpha value is -2.32. The second kappa shape index (κ2) is 7.71. The quantitative estimate of drug-likeness (QED) is 0.864. The number of hydrogen-bond donors (Lipinski definition) is 2. The summed E-state index contributed by atoms with van der Waals surface area (Å²) in [4.78, 5) is 26.7. The summed E-state index contributed by atoms with van der Waals surface area (Å²) in [6, 6.07) is 7.24. The molecule has 1 saturated heterocycles. The maximum absolute atomic E-state index is 12.3. The number of hydrogen-bond acceptors (Lipinski definition) is 6. The first-order valence-corrected chi connectivity index (χ1v) is 8.95. The largest absolute Gasteiger partial charge is 0.393 e. The lowest BCUT2D eigenvalue weighted by Crippen LogP contribution is -2.40. The van der Waals surface area contributed by atoms with E-state index in [-0.39, 0.29) is 17.9 Å². The van der Waals surface area contributed by atoms with Gasteiger partial charge < -0.3 is 15.3 Å². The number of benzene rings is 1. The molecule has 0 aliphatic carbocycles. The maximum atomic E-state index is 12.3. The molecule has 1 aliphatic heterocycles. The number of aliphatic hydroxyl groups excluding tert-OH is 1. The van der Waals surface area contributed by atoms with E-state index >= 15 is 0 Å². The average molecular weight is 360 g/mol. The molecule has 2 amide bonds. The molecule has 0 spiro atoms. The fourth-order valence-electron chi connectivity index (χ4n) is 2.74. The van der Waals surface area contributed by atoms with Crippen molar-refractivity contribution in [3.63, 3.8) is 0 Å². The molecule has 2 heterocycles. The van der Waals surface area contributed by atoms with Crippen molar-refractivity contribution in [2.45, 2.75) is 32.3 Å². The van der Waals surface area contributed by atoms with Crippen LogP contribution in [0, 0.1) is 6.92 Å². The van der Waals surface area contributed by atoms with E-state index in [1.165, 1.54) is 0 Å². The van der Waals surface area contributed by atoms with Crippen molar-refractivity contribution in [3.05, 3.63) is 40.4 Å². The molecule has 132 valence electrons. The van der Waals surface area contributed by atoms with Gasteiger partial charge in [-0.2, -0.15) is 0 Å². The van der Waals surface area contributed by atoms with Gasteiger partial charge in [-0.3, -0.25) is 9.59 Å². The van der Waals surface area contributed by atoms with Gasteiger partial charge in [0.05, 0.1) is 18.2 Å². The van der Waals surface area contributed by atoms with Gasteiger partial charge in [-0.25, -0.2) is 0 Å². The number of aromatic nitrogens is 2. The summed E-state index contributed by atoms with van der Waals surface area (Å²) in [5.41, 5.74) is 2.16. The molecule has 0 bridgehead atoms. The van der Waals surface area contributed by atoms with E-state index in [2.05, 4.69) is 14.9 Å². The van der Waals surface area contributed by atoms with E-state index in [1.807, 2.05) is 12.1 Å². The minimum atomic E-state index is -0.288. The van der Waals surface area contributed by atoms with Gasteiger partial charge in [-0.05, 0) is 49.0 Å². The SMILES string of the molecule is Cc1nnsc1C(=O)Nc1ccc(CC(=O)N2CCC(O)CC2)cc1. The van der Waals surface area contributed by atoms with E-state index in [4.69, 9.17) is 0 Å². The third-order valence-corrected chi connectivity index (χ3v) is 5.07. The highest BCUT2D eigenvalue weighted by molar-refractivity contribution is 7.08. The Morgan fingerprint density at radius 3 is 2.56 bits per heavy atom. The fourth-order valence-corrected chi connectivity index (χ4v) is 3.29. The van der Waals surface area contributed by atoms with Crippen LogP contribution in [0.3, 0.4) is 0 Å². The molecular formula is C17H20N4O3S. The molecule has 1 fully saturated rings. The first kappa shape index (κ1) is 17.5. The smallest absolute Gasteiger partial charge is 0.269 e. The van der Waals surface area contributed by atoms with Crippen molar-refractivity contribution in [3.8, 4) is 0 Å². The summed E-state index contributed by atoms with van der Waals surface area (Å²) < 4.78 is 3.75. The lowest BCUT2D eigenvalue weighted by Gasteiger charge is -2.29. The number of nitrogens with one attached hydrogen (secondary N) is 1. The third kappa shape index (κ3) is 4.40. The standard InChI is InChI=1S/C17H20N4O3S/c1-11-16(25-20-19-11)17(24)18-13-4-2-12(3-5-13)10-15(23)21-8-6-14(22)7-9-21/h2-5,14,22H,6-10H2,1H3,(H,18,24). The van der Waals surface area contributed by atoms with Crippen LogP contribution in [0.5, 0.6) is 0 Å². The second-order valence-corrected chi connectivity index (χ2v) is 6.88. The monoisotopic (exact) mass is 360 g/mol. The molecule has 25 heavy (non-hydrogen) atoms. The van der Waals surface area contributed by atoms with Crippen molar-refractivity contribution in [2.75, 3.05) is 18.4 Å². The highest BCUT2D eigenvalue weighted by Crippen LogP contribution is 2.16. The van der Waals surface area contributed by atoms with Crippen LogP contribution >= 0.6 is 11.5 Å². The van der Waals surface area contributed by atoms with E-state index < -0.39 is 0 Å². The zero-order valence-electron chi connectivity index (χ0n) is 13.9. The Balaban J connectivity index is 1.56. The highest BCUT2D eigenvalue weighted by atomic mass is 32.1. The Morgan fingerprint density at radius 1 is 1.28 bits per heavy atom. The molecule has 1 aliphatic rings. The van der Waals surface area contributed by atoms with Gasteiger partial charge in [-0.1, -0.05) is 16.6 Å². The van der Waals surface area contributed by atoms with Crippen LogP contribution in [-0.2, 0) is 11.2 Å². The molecule has 0 atom stereocenters. The number of carbonyl (C=O) groups excluding carboxylic acids is 2. The zero-order valence-corrected chi connectivity index (χ0v) is 14.8. The molecule has 0 unspecified atom stereocenters. The van der Waals surface area contributed by atoms with Crippen LogP contribution in [0.2, 0.25) is 0 Å². The molecular weight excluding hydrogens is 340 g/mol. The second-order valence-electron chi connectivity index (χ2n) is 6.13. The molecule has 2 aromatic rings. The van der Waals surface area contributed by atoms with Gasteiger partial charge in [-0.15, -0.1) is 5.10 Å². The van der Waals surface area contributed by atoms with Crippen LogP contribution in [0.1, 0.15) is 33.8 Å². The van der Waals surface area contributed by atoms with Gasteiger partial charge in [0.15, 0.2) is 0 Å². The van der Waals surface area contributed by atoms with Crippen LogP contribution in [0.15, 0.2) is 24.3 Å². The zero-order chi connectivity index (χ0) is 17.8. The van der Waals surface area contributed by atoms with E-state index in [0.29, 0.717) is 48.6 Å². The van der Waals surface area contributed by atoms with Crippen LogP contribution in [0.4, 0.5) is 5.69 Å². The number of piperidine rings is 1. The van der Waals surface area contributed by atoms with Crippen molar-refractivity contribution < 1.29 is 14.7 Å². The summed E-state index contributed by atoms with van der Waals surface area (Å²) >= 11 is 1.06. The first-order chi connectivity index (χ1) is 12.0. The minimum absolute atomic E-state index is 0.0649. The number of rotatable bonds is 4. The summed E-state index contributed by atoms with van der Waals surface area (Å²) in [6.45, 7) is 2.96. The number of aliphatic hydroxyl groups is 1. The predicted molar refractivity (Wildman–Crippen MR) is 94.6 cm³/mol. The Labute approximate surface area is 149 Å². The minimum Gasteiger partial charge on any atom is -0.393 e. The number of aryl methyl sites for hydroxylation is 1. The molecule has 1 aromatic heterocycles. The van der Waals surface area contributed by atoms with Crippen LogP contribution in [0.25, 0.3) is 0 Å². The normalized spacial score (nSPS) is 15.2. The molecule has 3 rings (SSSR count). The number of carbonyl (C=O) groups is 2. The van der Waals surface area contributed by atoms with Crippen molar-refractivity contribution in [1.29, 1.82) is 0 Å². The summed E-state index contributed by atoms with van der Waals surface area (Å²) in [5, 5.41) is 16.1. The van der Waals surface area contributed by atoms with Gasteiger partial charge >= 0.3 is 0 Å². The lowest BCUT2D eigenvalue weighted by atomic mass is 10.1. The number of anilines is 1. The predicted octanol–water partition coefficient (Wildman–Crippen LogP) is 1.62. The summed E-state index contributed by atoms with van der Waals surface area (Å²) in [5.74, 6) is -0.168. The maximum Gasteiger partial charge on any atom is 0.269 e. The molecule has 8 heteroatoms. The van der Waals surface area contributed by atoms with Gasteiger partial charge in [0.25, 0.3) is 5.91 Å². The van der Waals surface area contributed by atoms with Gasteiger partial charge in [0.2, 0.25) is 5.91 Å². The lowest BCUT2D eigenvalue weighted by molar-refractivity contribution is -0.132. The van der Waals surface area contributed by atoms with Crippen molar-refractivity contribution >= 4 is 29.0 Å². The van der Waals surface area contributed by atoms with Crippen LogP contribution < -0.4 is 5.32 Å². The molecule has 1 aromatic carbocycles. The van der Waals surface area contributed by atoms with Crippen LogP contribution in [-0.4, -0.2) is 50.6 Å². The first-order valence-electron chi connectivity index (χ1n) is 8.18. The average Bonchev–Trinajstić information content (AvgIpc) is 3.03. The Kier molecular flexibility index (Phi) is 5.40. The number of likely N-dealkylation sites (tertiary alicyclic amines) is 1. The van der Waals surface area contributed by atoms with Gasteiger partial charge in [0, 0.05) is 18.8 Å². The van der Waals surface area contributed by atoms with Gasteiger partial charge in [0.1, 0.15) is 4.88 Å². The Bertz CT molecular complexity index is 752. The third-order valence-electron chi connectivity index (χ3n) is 4.24. The number of amides is 2. The van der Waals surface area contributed by atoms with E-state index in [9.17, 15) is 14.7 Å². The Morgan fingerprint density at radius 2 is 1.96 bits per heavy atom. The molecule has 2 N–H and O–H groups in total. The fraction of sp³-hybridized carbons (Fsp3) is 0.412. The van der Waals surface area contributed by atoms with Crippen molar-refractivity contribution in [1.82, 2.24) is 14.5 Å². The summed E-state index contributed by atoms with van der Waals surface area (Å²) in [6.07, 6.45) is 1.32. The topological polar surface area (TPSA) is 95.4 Å².